The summed E-state index contributed by atoms with van der Waals surface area (Å²) in [6.07, 6.45) is -1.14. The zero-order valence-electron chi connectivity index (χ0n) is 18.2. The van der Waals surface area contributed by atoms with Gasteiger partial charge in [0, 0.05) is 11.2 Å². The average molecular weight is 399 g/mol. The van der Waals surface area contributed by atoms with E-state index >= 15 is 0 Å². The van der Waals surface area contributed by atoms with Crippen LogP contribution >= 0.6 is 0 Å². The van der Waals surface area contributed by atoms with E-state index in [0.717, 1.165) is 21.8 Å². The highest BCUT2D eigenvalue weighted by atomic mass is 16.5. The predicted octanol–water partition coefficient (Wildman–Crippen LogP) is 5.59. The standard InChI is InChI=1S/C23H30N2O4/c1-15-9-8-10-19(16(15)2)29-18-13-11-17(12-14-18)24-20(26)23(6,7)25(21(27)28)22(3,4)5/h8-14H,1-7H3,(H,24,26)(H,27,28). The summed E-state index contributed by atoms with van der Waals surface area (Å²) in [5.74, 6) is 1.03. The third kappa shape index (κ3) is 5.08. The van der Waals surface area contributed by atoms with E-state index in [9.17, 15) is 14.7 Å². The summed E-state index contributed by atoms with van der Waals surface area (Å²) >= 11 is 0. The van der Waals surface area contributed by atoms with E-state index in [-0.39, 0.29) is 0 Å². The van der Waals surface area contributed by atoms with Crippen molar-refractivity contribution >= 4 is 17.7 Å². The molecule has 0 radical (unpaired) electrons. The minimum Gasteiger partial charge on any atom is -0.465 e. The number of nitrogens with one attached hydrogen (secondary N) is 1. The fourth-order valence-electron chi connectivity index (χ4n) is 3.32. The smallest absolute Gasteiger partial charge is 0.408 e. The first kappa shape index (κ1) is 22.3. The van der Waals surface area contributed by atoms with Crippen LogP contribution in [0.1, 0.15) is 45.7 Å². The van der Waals surface area contributed by atoms with Crippen molar-refractivity contribution in [3.8, 4) is 11.5 Å². The number of benzene rings is 2. The molecule has 2 amide bonds. The van der Waals surface area contributed by atoms with Gasteiger partial charge in [-0.2, -0.15) is 0 Å². The molecule has 156 valence electrons. The lowest BCUT2D eigenvalue weighted by Gasteiger charge is -2.43. The van der Waals surface area contributed by atoms with Crippen LogP contribution in [-0.4, -0.2) is 33.1 Å². The molecule has 0 fully saturated rings. The van der Waals surface area contributed by atoms with Crippen LogP contribution in [0.2, 0.25) is 0 Å². The molecular formula is C23H30N2O4. The molecule has 0 bridgehead atoms. The quantitative estimate of drug-likeness (QED) is 0.688. The van der Waals surface area contributed by atoms with Gasteiger partial charge in [0.15, 0.2) is 0 Å². The van der Waals surface area contributed by atoms with Gasteiger partial charge in [-0.05, 0) is 89.9 Å². The van der Waals surface area contributed by atoms with Gasteiger partial charge in [0.2, 0.25) is 5.91 Å². The van der Waals surface area contributed by atoms with Gasteiger partial charge in [-0.25, -0.2) is 4.79 Å². The summed E-state index contributed by atoms with van der Waals surface area (Å²) in [7, 11) is 0. The number of hydrogen-bond acceptors (Lipinski definition) is 3. The number of nitrogens with zero attached hydrogens (tertiary/aromatic N) is 1. The van der Waals surface area contributed by atoms with E-state index in [0.29, 0.717) is 11.4 Å². The van der Waals surface area contributed by atoms with Crippen molar-refractivity contribution in [2.24, 2.45) is 0 Å². The lowest BCUT2D eigenvalue weighted by atomic mass is 9.94. The molecular weight excluding hydrogens is 368 g/mol. The highest BCUT2D eigenvalue weighted by molar-refractivity contribution is 5.99. The molecule has 2 rings (SSSR count). The van der Waals surface area contributed by atoms with E-state index < -0.39 is 23.1 Å². The van der Waals surface area contributed by atoms with Gasteiger partial charge >= 0.3 is 6.09 Å². The molecule has 0 aromatic heterocycles. The number of ether oxygens (including phenoxy) is 1. The van der Waals surface area contributed by atoms with Gasteiger partial charge in [0.05, 0.1) is 0 Å². The first-order valence-electron chi connectivity index (χ1n) is 9.53. The molecule has 0 saturated heterocycles. The van der Waals surface area contributed by atoms with E-state index in [1.54, 1.807) is 58.9 Å². The summed E-state index contributed by atoms with van der Waals surface area (Å²) in [4.78, 5) is 25.7. The van der Waals surface area contributed by atoms with Gasteiger partial charge < -0.3 is 15.2 Å². The maximum Gasteiger partial charge on any atom is 0.408 e. The van der Waals surface area contributed by atoms with Crippen LogP contribution < -0.4 is 10.1 Å². The van der Waals surface area contributed by atoms with Crippen LogP contribution in [0.15, 0.2) is 42.5 Å². The van der Waals surface area contributed by atoms with Gasteiger partial charge in [-0.3, -0.25) is 9.69 Å². The van der Waals surface area contributed by atoms with Crippen molar-refractivity contribution in [3.63, 3.8) is 0 Å². The summed E-state index contributed by atoms with van der Waals surface area (Å²) in [6, 6.07) is 12.9. The SMILES string of the molecule is Cc1cccc(Oc2ccc(NC(=O)C(C)(C)N(C(=O)O)C(C)(C)C)cc2)c1C. The van der Waals surface area contributed by atoms with E-state index in [1.165, 1.54) is 0 Å². The van der Waals surface area contributed by atoms with Gasteiger partial charge in [-0.15, -0.1) is 0 Å². The minimum absolute atomic E-state index is 0.405. The summed E-state index contributed by atoms with van der Waals surface area (Å²) in [5, 5.41) is 12.4. The molecule has 0 aliphatic rings. The van der Waals surface area contributed by atoms with Crippen molar-refractivity contribution in [3.05, 3.63) is 53.6 Å². The number of rotatable bonds is 5. The Morgan fingerprint density at radius 3 is 2.07 bits per heavy atom. The molecule has 0 aliphatic heterocycles. The number of hydrogen-bond donors (Lipinski definition) is 2. The first-order chi connectivity index (χ1) is 13.3. The van der Waals surface area contributed by atoms with Crippen molar-refractivity contribution in [2.45, 2.75) is 59.5 Å². The number of carbonyl (C=O) groups is 2. The fraction of sp³-hybridized carbons (Fsp3) is 0.391. The highest BCUT2D eigenvalue weighted by Gasteiger charge is 2.44. The molecule has 0 atom stereocenters. The zero-order valence-corrected chi connectivity index (χ0v) is 18.2. The van der Waals surface area contributed by atoms with E-state index in [1.807, 2.05) is 32.0 Å². The molecule has 0 unspecified atom stereocenters. The summed E-state index contributed by atoms with van der Waals surface area (Å²) in [6.45, 7) is 12.5. The molecule has 0 saturated carbocycles. The molecule has 0 spiro atoms. The Kier molecular flexibility index (Phi) is 6.26. The molecule has 2 N–H and O–H groups in total. The largest absolute Gasteiger partial charge is 0.465 e. The van der Waals surface area contributed by atoms with Crippen LogP contribution in [-0.2, 0) is 4.79 Å². The highest BCUT2D eigenvalue weighted by Crippen LogP contribution is 2.29. The van der Waals surface area contributed by atoms with Crippen molar-refractivity contribution in [1.82, 2.24) is 4.90 Å². The molecule has 2 aromatic rings. The Labute approximate surface area is 172 Å². The van der Waals surface area contributed by atoms with Crippen molar-refractivity contribution in [1.29, 1.82) is 0 Å². The second-order valence-electron chi connectivity index (χ2n) is 8.63. The maximum absolute atomic E-state index is 12.8. The van der Waals surface area contributed by atoms with Gasteiger partial charge in [0.25, 0.3) is 0 Å². The van der Waals surface area contributed by atoms with E-state index in [4.69, 9.17) is 4.74 Å². The number of carbonyl (C=O) groups excluding carboxylic acids is 1. The fourth-order valence-corrected chi connectivity index (χ4v) is 3.32. The predicted molar refractivity (Wildman–Crippen MR) is 115 cm³/mol. The third-order valence-electron chi connectivity index (χ3n) is 4.87. The monoisotopic (exact) mass is 398 g/mol. The summed E-state index contributed by atoms with van der Waals surface area (Å²) in [5.41, 5.74) is 0.808. The molecule has 2 aromatic carbocycles. The lowest BCUT2D eigenvalue weighted by Crippen LogP contribution is -2.61. The Bertz CT molecular complexity index is 896. The third-order valence-corrected chi connectivity index (χ3v) is 4.87. The molecule has 6 heteroatoms. The Balaban J connectivity index is 2.15. The van der Waals surface area contributed by atoms with Crippen molar-refractivity contribution in [2.75, 3.05) is 5.32 Å². The van der Waals surface area contributed by atoms with Gasteiger partial charge in [0.1, 0.15) is 17.0 Å². The summed E-state index contributed by atoms with van der Waals surface area (Å²) < 4.78 is 5.93. The minimum atomic E-state index is -1.25. The molecule has 0 heterocycles. The number of amides is 2. The van der Waals surface area contributed by atoms with E-state index in [2.05, 4.69) is 5.32 Å². The molecule has 0 aliphatic carbocycles. The lowest BCUT2D eigenvalue weighted by molar-refractivity contribution is -0.128. The topological polar surface area (TPSA) is 78.9 Å². The first-order valence-corrected chi connectivity index (χ1v) is 9.53. The second kappa shape index (κ2) is 8.15. The number of anilines is 1. The van der Waals surface area contributed by atoms with Gasteiger partial charge in [-0.1, -0.05) is 12.1 Å². The normalized spacial score (nSPS) is 11.7. The average Bonchev–Trinajstić information content (AvgIpc) is 2.58. The molecule has 6 nitrogen and oxygen atoms in total. The Morgan fingerprint density at radius 1 is 0.966 bits per heavy atom. The van der Waals surface area contributed by atoms with Crippen LogP contribution in [0.5, 0.6) is 11.5 Å². The molecule has 29 heavy (non-hydrogen) atoms. The maximum atomic E-state index is 12.8. The van der Waals surface area contributed by atoms with Crippen LogP contribution in [0, 0.1) is 13.8 Å². The second-order valence-corrected chi connectivity index (χ2v) is 8.63. The van der Waals surface area contributed by atoms with Crippen LogP contribution in [0.25, 0.3) is 0 Å². The zero-order chi connectivity index (χ0) is 22.0. The van der Waals surface area contributed by atoms with Crippen molar-refractivity contribution < 1.29 is 19.4 Å². The Morgan fingerprint density at radius 2 is 1.55 bits per heavy atom. The Hall–Kier alpha value is -3.02. The van der Waals surface area contributed by atoms with Crippen LogP contribution in [0.4, 0.5) is 10.5 Å². The number of aryl methyl sites for hydroxylation is 1. The number of carboxylic acid groups (broad SMARTS) is 1. The van der Waals surface area contributed by atoms with Crippen LogP contribution in [0.3, 0.4) is 0 Å².